The molecule has 0 unspecified atom stereocenters. The van der Waals surface area contributed by atoms with Crippen molar-refractivity contribution in [1.29, 1.82) is 5.26 Å². The molecule has 34 heavy (non-hydrogen) atoms. The molecule has 0 saturated heterocycles. The van der Waals surface area contributed by atoms with Gasteiger partial charge in [-0.15, -0.1) is 0 Å². The van der Waals surface area contributed by atoms with E-state index in [0.717, 1.165) is 25.2 Å². The van der Waals surface area contributed by atoms with Gasteiger partial charge in [-0.1, -0.05) is 6.07 Å². The van der Waals surface area contributed by atoms with E-state index in [9.17, 15) is 9.47 Å². The topological polar surface area (TPSA) is 128 Å². The third-order valence-corrected chi connectivity index (χ3v) is 5.80. The van der Waals surface area contributed by atoms with E-state index < -0.39 is 9.73 Å². The van der Waals surface area contributed by atoms with Crippen molar-refractivity contribution in [2.45, 2.75) is 13.0 Å². The fourth-order valence-electron chi connectivity index (χ4n) is 3.58. The summed E-state index contributed by atoms with van der Waals surface area (Å²) in [5, 5.41) is 15.8. The highest BCUT2D eigenvalue weighted by atomic mass is 32.2. The third kappa shape index (κ3) is 5.59. The van der Waals surface area contributed by atoms with Crippen molar-refractivity contribution in [2.75, 3.05) is 43.8 Å². The predicted octanol–water partition coefficient (Wildman–Crippen LogP) is 3.59. The van der Waals surface area contributed by atoms with E-state index in [1.165, 1.54) is 36.9 Å². The van der Waals surface area contributed by atoms with Gasteiger partial charge in [0.25, 0.3) is 0 Å². The Morgan fingerprint density at radius 3 is 2.74 bits per heavy atom. The molecule has 0 saturated carbocycles. The Labute approximate surface area is 199 Å². The maximum atomic E-state index is 12.2. The van der Waals surface area contributed by atoms with Gasteiger partial charge in [-0.25, -0.2) is 14.2 Å². The number of nitrogens with one attached hydrogen (secondary N) is 2. The van der Waals surface area contributed by atoms with Crippen molar-refractivity contribution in [3.8, 4) is 11.8 Å². The van der Waals surface area contributed by atoms with Gasteiger partial charge in [0.05, 0.1) is 13.3 Å². The molecule has 11 heteroatoms. The number of ether oxygens (including phenoxy) is 1. The van der Waals surface area contributed by atoms with Crippen LogP contribution in [0.4, 0.5) is 29.1 Å². The van der Waals surface area contributed by atoms with Crippen LogP contribution >= 0.6 is 0 Å². The number of rotatable bonds is 6. The van der Waals surface area contributed by atoms with E-state index in [1.54, 1.807) is 12.1 Å². The zero-order valence-corrected chi connectivity index (χ0v) is 20.3. The summed E-state index contributed by atoms with van der Waals surface area (Å²) in [6.45, 7) is 1.94. The highest BCUT2D eigenvalue weighted by Gasteiger charge is 2.15. The number of pyridine rings is 1. The van der Waals surface area contributed by atoms with E-state index in [-0.39, 0.29) is 17.2 Å². The van der Waals surface area contributed by atoms with Gasteiger partial charge in [0.1, 0.15) is 17.5 Å². The Balaban J connectivity index is 1.62. The van der Waals surface area contributed by atoms with Crippen LogP contribution in [0.3, 0.4) is 0 Å². The number of hydrogen-bond donors (Lipinski definition) is 2. The lowest BCUT2D eigenvalue weighted by atomic mass is 9.99. The lowest BCUT2D eigenvalue weighted by Gasteiger charge is -2.25. The predicted molar refractivity (Wildman–Crippen MR) is 133 cm³/mol. The molecule has 2 aromatic heterocycles. The average Bonchev–Trinajstić information content (AvgIpc) is 2.78. The van der Waals surface area contributed by atoms with Crippen molar-refractivity contribution < 1.29 is 8.95 Å². The maximum Gasteiger partial charge on any atom is 0.229 e. The molecule has 1 aliphatic heterocycles. The van der Waals surface area contributed by atoms with Gasteiger partial charge in [-0.2, -0.15) is 14.6 Å². The maximum absolute atomic E-state index is 12.2. The number of aromatic nitrogens is 3. The number of nitriles is 1. The van der Waals surface area contributed by atoms with Crippen LogP contribution in [0, 0.1) is 11.3 Å². The minimum Gasteiger partial charge on any atom is -0.493 e. The zero-order chi connectivity index (χ0) is 24.3. The average molecular weight is 479 g/mol. The second-order valence-electron chi connectivity index (χ2n) is 8.28. The van der Waals surface area contributed by atoms with E-state index >= 15 is 0 Å². The molecule has 10 nitrogen and oxygen atoms in total. The molecule has 3 aromatic rings. The van der Waals surface area contributed by atoms with Gasteiger partial charge in [-0.05, 0) is 48.9 Å². The lowest BCUT2D eigenvalue weighted by Crippen LogP contribution is -2.26. The van der Waals surface area contributed by atoms with Gasteiger partial charge < -0.3 is 20.3 Å². The minimum absolute atomic E-state index is 0.201. The van der Waals surface area contributed by atoms with Gasteiger partial charge in [-0.3, -0.25) is 0 Å². The van der Waals surface area contributed by atoms with Crippen molar-refractivity contribution in [3.05, 3.63) is 53.2 Å². The Bertz CT molecular complexity index is 1380. The molecule has 1 aromatic carbocycles. The second-order valence-corrected chi connectivity index (χ2v) is 10.8. The van der Waals surface area contributed by atoms with Crippen molar-refractivity contribution >= 4 is 38.8 Å². The molecule has 0 spiro atoms. The Morgan fingerprint density at radius 1 is 1.18 bits per heavy atom. The van der Waals surface area contributed by atoms with Crippen molar-refractivity contribution in [2.24, 2.45) is 4.36 Å². The zero-order valence-electron chi connectivity index (χ0n) is 19.5. The van der Waals surface area contributed by atoms with Gasteiger partial charge in [0.2, 0.25) is 11.8 Å². The number of nitrogens with zero attached hydrogens (tertiary/aromatic N) is 6. The molecule has 0 amide bonds. The van der Waals surface area contributed by atoms with E-state index in [4.69, 9.17) is 4.74 Å². The van der Waals surface area contributed by atoms with Crippen LogP contribution in [0.15, 0.2) is 40.9 Å². The van der Waals surface area contributed by atoms with Crippen LogP contribution in [-0.2, 0) is 22.7 Å². The summed E-state index contributed by atoms with van der Waals surface area (Å²) in [5.41, 5.74) is 3.74. The molecule has 2 N–H and O–H groups in total. The van der Waals surface area contributed by atoms with Gasteiger partial charge >= 0.3 is 0 Å². The molecule has 1 aliphatic rings. The molecule has 4 rings (SSSR count). The number of benzene rings is 1. The molecular weight excluding hydrogens is 452 g/mol. The SMILES string of the molecule is COc1ccc(Nc2nc(Nc3ccc4c(c3)CN(C)CC4)ncc2C#N)nc1N=S(C)(C)=O. The third-order valence-electron chi connectivity index (χ3n) is 5.19. The smallest absolute Gasteiger partial charge is 0.229 e. The van der Waals surface area contributed by atoms with Crippen LogP contribution in [0.2, 0.25) is 0 Å². The quantitative estimate of drug-likeness (QED) is 0.546. The molecule has 176 valence electrons. The summed E-state index contributed by atoms with van der Waals surface area (Å²) in [6.07, 6.45) is 5.51. The Morgan fingerprint density at radius 2 is 2.00 bits per heavy atom. The molecular formula is C23H26N8O2S. The summed E-state index contributed by atoms with van der Waals surface area (Å²) >= 11 is 0. The fraction of sp³-hybridized carbons (Fsp3) is 0.304. The normalized spacial score (nSPS) is 13.5. The summed E-state index contributed by atoms with van der Waals surface area (Å²) in [5.74, 6) is 1.60. The molecule has 0 bridgehead atoms. The van der Waals surface area contributed by atoms with Crippen LogP contribution in [-0.4, -0.2) is 57.3 Å². The van der Waals surface area contributed by atoms with Crippen molar-refractivity contribution in [1.82, 2.24) is 19.9 Å². The first kappa shape index (κ1) is 23.4. The lowest BCUT2D eigenvalue weighted by molar-refractivity contribution is 0.313. The first-order valence-corrected chi connectivity index (χ1v) is 12.9. The largest absolute Gasteiger partial charge is 0.493 e. The van der Waals surface area contributed by atoms with Crippen molar-refractivity contribution in [3.63, 3.8) is 0 Å². The molecule has 0 atom stereocenters. The standard InChI is InChI=1S/C23H26N8O2S/c1-31-10-9-15-5-6-18(11-16(15)14-31)26-23-25-13-17(12-24)21(29-23)27-20-8-7-19(33-2)22(28-20)30-34(3,4)32/h5-8,11,13H,9-10,14H2,1-4H3,(H2,25,26,27,28,29). The van der Waals surface area contributed by atoms with Crippen LogP contribution in [0.5, 0.6) is 5.75 Å². The number of methoxy groups -OCH3 is 1. The van der Waals surface area contributed by atoms with Crippen LogP contribution in [0.1, 0.15) is 16.7 Å². The first-order valence-electron chi connectivity index (χ1n) is 10.6. The van der Waals surface area contributed by atoms with Gasteiger partial charge in [0.15, 0.2) is 11.6 Å². The molecule has 3 heterocycles. The first-order chi connectivity index (χ1) is 16.2. The number of fused-ring (bicyclic) bond motifs is 1. The van der Waals surface area contributed by atoms with Crippen LogP contribution in [0.25, 0.3) is 0 Å². The molecule has 0 radical (unpaired) electrons. The highest BCUT2D eigenvalue weighted by molar-refractivity contribution is 7.92. The monoisotopic (exact) mass is 478 g/mol. The summed E-state index contributed by atoms with van der Waals surface area (Å²) in [7, 11) is 1.15. The summed E-state index contributed by atoms with van der Waals surface area (Å²) in [4.78, 5) is 15.4. The number of anilines is 4. The van der Waals surface area contributed by atoms with E-state index in [1.807, 2.05) is 6.07 Å². The summed E-state index contributed by atoms with van der Waals surface area (Å²) in [6, 6.07) is 11.6. The van der Waals surface area contributed by atoms with Crippen LogP contribution < -0.4 is 15.4 Å². The highest BCUT2D eigenvalue weighted by Crippen LogP contribution is 2.30. The number of hydrogen-bond acceptors (Lipinski definition) is 10. The Hall–Kier alpha value is -3.75. The number of likely N-dealkylation sites (N-methyl/N-ethyl adjacent to an activating group) is 1. The van der Waals surface area contributed by atoms with E-state index in [0.29, 0.717) is 17.5 Å². The fourth-order valence-corrected chi connectivity index (χ4v) is 4.13. The molecule has 0 aliphatic carbocycles. The molecule has 0 fully saturated rings. The van der Waals surface area contributed by atoms with Gasteiger partial charge in [0, 0.05) is 41.0 Å². The Kier molecular flexibility index (Phi) is 6.63. The minimum atomic E-state index is -2.45. The van der Waals surface area contributed by atoms with E-state index in [2.05, 4.69) is 60.1 Å². The second kappa shape index (κ2) is 9.62. The summed E-state index contributed by atoms with van der Waals surface area (Å²) < 4.78 is 21.6.